The second-order valence-corrected chi connectivity index (χ2v) is 10.5. The molecule has 3 saturated heterocycles. The van der Waals surface area contributed by atoms with Gasteiger partial charge >= 0.3 is 0 Å². The van der Waals surface area contributed by atoms with Gasteiger partial charge in [-0.1, -0.05) is 48.0 Å². The van der Waals surface area contributed by atoms with Crippen molar-refractivity contribution in [1.29, 1.82) is 0 Å². The Morgan fingerprint density at radius 1 is 0.892 bits per heavy atom. The van der Waals surface area contributed by atoms with Crippen LogP contribution in [0.4, 0.5) is 5.69 Å². The molecule has 0 radical (unpaired) electrons. The van der Waals surface area contributed by atoms with E-state index < -0.39 is 0 Å². The van der Waals surface area contributed by atoms with E-state index in [1.165, 1.54) is 30.5 Å². The Morgan fingerprint density at radius 2 is 1.62 bits per heavy atom. The monoisotopic (exact) mass is 516 g/mol. The lowest BCUT2D eigenvalue weighted by molar-refractivity contribution is 0.0273. The minimum absolute atomic E-state index is 0.0418. The van der Waals surface area contributed by atoms with Gasteiger partial charge in [-0.25, -0.2) is 4.98 Å². The third-order valence-corrected chi connectivity index (χ3v) is 7.96. The zero-order valence-corrected chi connectivity index (χ0v) is 21.3. The molecule has 190 valence electrons. The Bertz CT molecular complexity index is 1400. The lowest BCUT2D eigenvalue weighted by Gasteiger charge is -2.28. The number of hydrogen-bond donors (Lipinski definition) is 1. The SMILES string of the molecule is Clc1cc2[nH]c(OC3COC4CCOC43)nc2nc1-c1ccc(-c2ccc(N3CCCCC3)cc2)cc1. The van der Waals surface area contributed by atoms with Gasteiger partial charge in [0.1, 0.15) is 6.10 Å². The van der Waals surface area contributed by atoms with E-state index in [0.29, 0.717) is 35.6 Å². The normalized spacial score (nSPS) is 23.5. The van der Waals surface area contributed by atoms with E-state index in [1.54, 1.807) is 0 Å². The first-order chi connectivity index (χ1) is 18.2. The number of hydrogen-bond acceptors (Lipinski definition) is 6. The van der Waals surface area contributed by atoms with Crippen LogP contribution in [-0.2, 0) is 9.47 Å². The Hall–Kier alpha value is -3.13. The first kappa shape index (κ1) is 23.0. The number of benzene rings is 2. The van der Waals surface area contributed by atoms with Crippen molar-refractivity contribution in [2.75, 3.05) is 31.2 Å². The van der Waals surface area contributed by atoms with Crippen molar-refractivity contribution in [3.63, 3.8) is 0 Å². The van der Waals surface area contributed by atoms with Crippen LogP contribution in [0, 0.1) is 0 Å². The summed E-state index contributed by atoms with van der Waals surface area (Å²) >= 11 is 6.64. The zero-order valence-electron chi connectivity index (χ0n) is 20.5. The molecule has 3 aliphatic heterocycles. The molecule has 3 atom stereocenters. The highest BCUT2D eigenvalue weighted by Crippen LogP contribution is 2.33. The van der Waals surface area contributed by atoms with E-state index in [-0.39, 0.29) is 18.3 Å². The quantitative estimate of drug-likeness (QED) is 0.357. The molecule has 0 saturated carbocycles. The second-order valence-electron chi connectivity index (χ2n) is 10.1. The number of aromatic amines is 1. The van der Waals surface area contributed by atoms with Gasteiger partial charge in [0.2, 0.25) is 0 Å². The maximum atomic E-state index is 6.64. The fourth-order valence-corrected chi connectivity index (χ4v) is 5.93. The number of ether oxygens (including phenoxy) is 3. The van der Waals surface area contributed by atoms with E-state index in [1.807, 2.05) is 6.07 Å². The Balaban J connectivity index is 1.09. The molecule has 2 aromatic carbocycles. The summed E-state index contributed by atoms with van der Waals surface area (Å²) in [6.45, 7) is 3.51. The molecule has 7 nitrogen and oxygen atoms in total. The fourth-order valence-electron chi connectivity index (χ4n) is 5.67. The molecule has 5 heterocycles. The van der Waals surface area contributed by atoms with Gasteiger partial charge in [-0.05, 0) is 55.0 Å². The summed E-state index contributed by atoms with van der Waals surface area (Å²) in [4.78, 5) is 15.0. The molecule has 4 aromatic rings. The van der Waals surface area contributed by atoms with Crippen LogP contribution in [0.15, 0.2) is 54.6 Å². The highest BCUT2D eigenvalue weighted by molar-refractivity contribution is 6.33. The maximum absolute atomic E-state index is 6.64. The van der Waals surface area contributed by atoms with Gasteiger partial charge in [-0.3, -0.25) is 0 Å². The number of rotatable bonds is 5. The molecular weight excluding hydrogens is 488 g/mol. The molecule has 0 amide bonds. The largest absolute Gasteiger partial charge is 0.456 e. The Labute approximate surface area is 220 Å². The number of nitrogens with zero attached hydrogens (tertiary/aromatic N) is 3. The summed E-state index contributed by atoms with van der Waals surface area (Å²) in [6.07, 6.45) is 4.71. The number of pyridine rings is 1. The predicted octanol–water partition coefficient (Wildman–Crippen LogP) is 5.87. The van der Waals surface area contributed by atoms with Gasteiger partial charge < -0.3 is 24.1 Å². The number of aromatic nitrogens is 3. The summed E-state index contributed by atoms with van der Waals surface area (Å²) < 4.78 is 17.6. The molecule has 1 N–H and O–H groups in total. The van der Waals surface area contributed by atoms with Crippen molar-refractivity contribution in [2.24, 2.45) is 0 Å². The topological polar surface area (TPSA) is 72.5 Å². The third kappa shape index (κ3) is 4.45. The number of imidazole rings is 1. The average Bonchev–Trinajstić information content (AvgIpc) is 3.66. The first-order valence-electron chi connectivity index (χ1n) is 13.1. The average molecular weight is 517 g/mol. The van der Waals surface area contributed by atoms with Crippen LogP contribution in [0.5, 0.6) is 6.01 Å². The number of fused-ring (bicyclic) bond motifs is 2. The van der Waals surface area contributed by atoms with Crippen LogP contribution in [-0.4, -0.2) is 59.6 Å². The summed E-state index contributed by atoms with van der Waals surface area (Å²) in [5, 5.41) is 0.560. The van der Waals surface area contributed by atoms with Crippen LogP contribution in [0.3, 0.4) is 0 Å². The van der Waals surface area contributed by atoms with Gasteiger partial charge in [0.15, 0.2) is 11.8 Å². The highest BCUT2D eigenvalue weighted by Gasteiger charge is 2.43. The second kappa shape index (κ2) is 9.63. The molecule has 3 fully saturated rings. The molecule has 7 rings (SSSR count). The van der Waals surface area contributed by atoms with Crippen molar-refractivity contribution in [3.8, 4) is 28.4 Å². The van der Waals surface area contributed by atoms with Crippen molar-refractivity contribution < 1.29 is 14.2 Å². The van der Waals surface area contributed by atoms with Gasteiger partial charge in [0, 0.05) is 30.9 Å². The lowest BCUT2D eigenvalue weighted by atomic mass is 10.0. The Morgan fingerprint density at radius 3 is 2.41 bits per heavy atom. The zero-order chi connectivity index (χ0) is 24.8. The van der Waals surface area contributed by atoms with E-state index in [4.69, 9.17) is 30.8 Å². The van der Waals surface area contributed by atoms with Crippen molar-refractivity contribution >= 4 is 28.5 Å². The minimum Gasteiger partial charge on any atom is -0.456 e. The van der Waals surface area contributed by atoms with Crippen LogP contribution in [0.2, 0.25) is 5.02 Å². The molecule has 8 heteroatoms. The number of H-pyrrole nitrogens is 1. The maximum Gasteiger partial charge on any atom is 0.296 e. The molecule has 3 aliphatic rings. The molecule has 3 unspecified atom stereocenters. The van der Waals surface area contributed by atoms with Crippen LogP contribution >= 0.6 is 11.6 Å². The molecule has 37 heavy (non-hydrogen) atoms. The summed E-state index contributed by atoms with van der Waals surface area (Å²) in [5.41, 5.74) is 6.60. The number of nitrogens with one attached hydrogen (secondary N) is 1. The van der Waals surface area contributed by atoms with Gasteiger partial charge in [-0.2, -0.15) is 4.98 Å². The fraction of sp³-hybridized carbons (Fsp3) is 0.379. The summed E-state index contributed by atoms with van der Waals surface area (Å²) in [7, 11) is 0. The van der Waals surface area contributed by atoms with E-state index in [2.05, 4.69) is 63.4 Å². The molecule has 0 bridgehead atoms. The van der Waals surface area contributed by atoms with Crippen molar-refractivity contribution in [1.82, 2.24) is 15.0 Å². The van der Waals surface area contributed by atoms with Crippen LogP contribution in [0.25, 0.3) is 33.5 Å². The standard InChI is InChI=1S/C29H29ClN4O3/c30-22-16-23-28(33-29(31-23)37-25-17-36-24-12-15-35-27(24)25)32-26(22)20-6-4-18(5-7-20)19-8-10-21(11-9-19)34-13-2-1-3-14-34/h4-11,16,24-25,27H,1-3,12-15,17H2,(H,31,32,33). The first-order valence-corrected chi connectivity index (χ1v) is 13.5. The summed E-state index contributed by atoms with van der Waals surface area (Å²) in [5.74, 6) is 0. The minimum atomic E-state index is -0.176. The number of piperidine rings is 1. The third-order valence-electron chi connectivity index (χ3n) is 7.67. The number of anilines is 1. The van der Waals surface area contributed by atoms with Gasteiger partial charge in [0.05, 0.1) is 28.9 Å². The van der Waals surface area contributed by atoms with Gasteiger partial charge in [-0.15, -0.1) is 0 Å². The predicted molar refractivity (Wildman–Crippen MR) is 144 cm³/mol. The van der Waals surface area contributed by atoms with Crippen LogP contribution < -0.4 is 9.64 Å². The lowest BCUT2D eigenvalue weighted by Crippen LogP contribution is -2.32. The highest BCUT2D eigenvalue weighted by atomic mass is 35.5. The van der Waals surface area contributed by atoms with Crippen molar-refractivity contribution in [2.45, 2.75) is 44.0 Å². The van der Waals surface area contributed by atoms with Crippen LogP contribution in [0.1, 0.15) is 25.7 Å². The molecule has 0 spiro atoms. The van der Waals surface area contributed by atoms with E-state index in [9.17, 15) is 0 Å². The van der Waals surface area contributed by atoms with E-state index >= 15 is 0 Å². The van der Waals surface area contributed by atoms with E-state index in [0.717, 1.165) is 36.2 Å². The Kier molecular flexibility index (Phi) is 5.99. The molecule has 2 aromatic heterocycles. The smallest absolute Gasteiger partial charge is 0.296 e. The molecular formula is C29H29ClN4O3. The summed E-state index contributed by atoms with van der Waals surface area (Å²) in [6, 6.07) is 19.5. The molecule has 0 aliphatic carbocycles. The van der Waals surface area contributed by atoms with Crippen molar-refractivity contribution in [3.05, 3.63) is 59.6 Å². The number of halogens is 1. The van der Waals surface area contributed by atoms with Gasteiger partial charge in [0.25, 0.3) is 6.01 Å².